The van der Waals surface area contributed by atoms with E-state index in [1.807, 2.05) is 17.9 Å². The van der Waals surface area contributed by atoms with E-state index in [1.54, 1.807) is 0 Å². The largest absolute Gasteiger partial charge is 0.356 e. The summed E-state index contributed by atoms with van der Waals surface area (Å²) >= 11 is 0. The number of nitrogens with one attached hydrogen (secondary N) is 1. The number of aryl methyl sites for hydroxylation is 1. The molecule has 1 aliphatic heterocycles. The SMILES string of the molecule is Cc1cc(-c2cc(=O)[nH]nc2C2CCN(C(=O)CCC3CCCC3)CC2)on1. The monoisotopic (exact) mass is 384 g/mol. The van der Waals surface area contributed by atoms with E-state index in [0.717, 1.165) is 49.7 Å². The summed E-state index contributed by atoms with van der Waals surface area (Å²) in [4.78, 5) is 26.4. The highest BCUT2D eigenvalue weighted by atomic mass is 16.5. The van der Waals surface area contributed by atoms with Gasteiger partial charge < -0.3 is 9.42 Å². The van der Waals surface area contributed by atoms with E-state index in [2.05, 4.69) is 15.4 Å². The lowest BCUT2D eigenvalue weighted by atomic mass is 9.89. The average molecular weight is 384 g/mol. The fourth-order valence-electron chi connectivity index (χ4n) is 4.60. The lowest BCUT2D eigenvalue weighted by molar-refractivity contribution is -0.132. The number of hydrogen-bond acceptors (Lipinski definition) is 5. The summed E-state index contributed by atoms with van der Waals surface area (Å²) in [7, 11) is 0. The maximum Gasteiger partial charge on any atom is 0.264 e. The normalized spacial score (nSPS) is 18.7. The van der Waals surface area contributed by atoms with Gasteiger partial charge in [0.05, 0.1) is 11.4 Å². The summed E-state index contributed by atoms with van der Waals surface area (Å²) in [6.07, 6.45) is 8.62. The number of aromatic nitrogens is 3. The third-order valence-electron chi connectivity index (χ3n) is 6.21. The molecule has 0 spiro atoms. The standard InChI is InChI=1S/C21H28N4O3/c1-14-12-18(28-24-14)17-13-19(26)22-23-21(17)16-8-10-25(11-9-16)20(27)7-6-15-4-2-3-5-15/h12-13,15-16H,2-11H2,1H3,(H,22,26). The molecule has 1 saturated carbocycles. The number of carbonyl (C=O) groups is 1. The van der Waals surface area contributed by atoms with Crippen LogP contribution in [0.5, 0.6) is 0 Å². The van der Waals surface area contributed by atoms with Gasteiger partial charge in [-0.25, -0.2) is 5.10 Å². The van der Waals surface area contributed by atoms with E-state index < -0.39 is 0 Å². The molecule has 1 amide bonds. The highest BCUT2D eigenvalue weighted by Gasteiger charge is 2.28. The van der Waals surface area contributed by atoms with Crippen molar-refractivity contribution in [2.24, 2.45) is 5.92 Å². The number of rotatable bonds is 5. The Hall–Kier alpha value is -2.44. The quantitative estimate of drug-likeness (QED) is 0.853. The molecule has 28 heavy (non-hydrogen) atoms. The van der Waals surface area contributed by atoms with E-state index in [1.165, 1.54) is 31.7 Å². The molecular formula is C21H28N4O3. The Labute approximate surface area is 164 Å². The minimum Gasteiger partial charge on any atom is -0.356 e. The lowest BCUT2D eigenvalue weighted by Crippen LogP contribution is -2.38. The molecule has 150 valence electrons. The molecule has 2 fully saturated rings. The summed E-state index contributed by atoms with van der Waals surface area (Å²) in [6.45, 7) is 3.33. The number of nitrogens with zero attached hydrogens (tertiary/aromatic N) is 3. The van der Waals surface area contributed by atoms with Gasteiger partial charge in [0.15, 0.2) is 5.76 Å². The van der Waals surface area contributed by atoms with Gasteiger partial charge in [-0.1, -0.05) is 30.8 Å². The van der Waals surface area contributed by atoms with E-state index in [9.17, 15) is 9.59 Å². The average Bonchev–Trinajstić information content (AvgIpc) is 3.38. The predicted octanol–water partition coefficient (Wildman–Crippen LogP) is 3.41. The second-order valence-electron chi connectivity index (χ2n) is 8.21. The molecule has 0 aromatic carbocycles. The van der Waals surface area contributed by atoms with Crippen LogP contribution in [0.25, 0.3) is 11.3 Å². The zero-order valence-corrected chi connectivity index (χ0v) is 16.4. The first-order valence-corrected chi connectivity index (χ1v) is 10.4. The number of piperidine rings is 1. The fourth-order valence-corrected chi connectivity index (χ4v) is 4.60. The summed E-state index contributed by atoms with van der Waals surface area (Å²) in [5.74, 6) is 1.79. The van der Waals surface area contributed by atoms with E-state index in [4.69, 9.17) is 4.52 Å². The van der Waals surface area contributed by atoms with E-state index in [0.29, 0.717) is 17.7 Å². The first-order chi connectivity index (χ1) is 13.6. The molecular weight excluding hydrogens is 356 g/mol. The minimum absolute atomic E-state index is 0.191. The molecule has 0 unspecified atom stereocenters. The molecule has 2 aliphatic rings. The van der Waals surface area contributed by atoms with Gasteiger partial charge in [-0.15, -0.1) is 0 Å². The van der Waals surface area contributed by atoms with Crippen LogP contribution in [-0.4, -0.2) is 39.3 Å². The van der Waals surface area contributed by atoms with Crippen LogP contribution < -0.4 is 5.56 Å². The van der Waals surface area contributed by atoms with E-state index in [-0.39, 0.29) is 17.4 Å². The Morgan fingerprint density at radius 1 is 1.21 bits per heavy atom. The smallest absolute Gasteiger partial charge is 0.264 e. The van der Waals surface area contributed by atoms with Gasteiger partial charge in [-0.2, -0.15) is 5.10 Å². The third-order valence-corrected chi connectivity index (χ3v) is 6.21. The highest BCUT2D eigenvalue weighted by Crippen LogP contribution is 2.34. The summed E-state index contributed by atoms with van der Waals surface area (Å²) in [5.41, 5.74) is 2.04. The maximum atomic E-state index is 12.6. The van der Waals surface area contributed by atoms with Gasteiger partial charge in [-0.05, 0) is 32.1 Å². The number of carbonyl (C=O) groups excluding carboxylic acids is 1. The van der Waals surface area contributed by atoms with Crippen LogP contribution in [0.4, 0.5) is 0 Å². The van der Waals surface area contributed by atoms with Crippen LogP contribution in [0.2, 0.25) is 0 Å². The van der Waals surface area contributed by atoms with Crippen LogP contribution in [0, 0.1) is 12.8 Å². The van der Waals surface area contributed by atoms with Gasteiger partial charge in [-0.3, -0.25) is 9.59 Å². The molecule has 0 atom stereocenters. The molecule has 3 heterocycles. The van der Waals surface area contributed by atoms with Crippen LogP contribution in [0.3, 0.4) is 0 Å². The summed E-state index contributed by atoms with van der Waals surface area (Å²) in [6, 6.07) is 3.35. The molecule has 4 rings (SSSR count). The third kappa shape index (κ3) is 4.18. The van der Waals surface area contributed by atoms with Crippen molar-refractivity contribution in [3.63, 3.8) is 0 Å². The van der Waals surface area contributed by atoms with Gasteiger partial charge in [0.1, 0.15) is 0 Å². The molecule has 0 bridgehead atoms. The number of likely N-dealkylation sites (tertiary alicyclic amines) is 1. The Morgan fingerprint density at radius 2 is 1.96 bits per heavy atom. The van der Waals surface area contributed by atoms with Gasteiger partial charge in [0.2, 0.25) is 5.91 Å². The topological polar surface area (TPSA) is 92.1 Å². The van der Waals surface area contributed by atoms with Crippen LogP contribution in [-0.2, 0) is 4.79 Å². The molecule has 7 heteroatoms. The van der Waals surface area contributed by atoms with Crippen molar-refractivity contribution in [3.8, 4) is 11.3 Å². The Balaban J connectivity index is 1.40. The lowest BCUT2D eigenvalue weighted by Gasteiger charge is -2.32. The Kier molecular flexibility index (Phi) is 5.59. The number of aromatic amines is 1. The molecule has 0 radical (unpaired) electrons. The molecule has 1 aliphatic carbocycles. The van der Waals surface area contributed by atoms with Gasteiger partial charge in [0, 0.05) is 43.1 Å². The van der Waals surface area contributed by atoms with Crippen molar-refractivity contribution in [3.05, 3.63) is 33.9 Å². The van der Waals surface area contributed by atoms with Gasteiger partial charge >= 0.3 is 0 Å². The zero-order valence-electron chi connectivity index (χ0n) is 16.4. The second-order valence-corrected chi connectivity index (χ2v) is 8.21. The van der Waals surface area contributed by atoms with Crippen molar-refractivity contribution in [1.29, 1.82) is 0 Å². The first-order valence-electron chi connectivity index (χ1n) is 10.4. The maximum absolute atomic E-state index is 12.6. The van der Waals surface area contributed by atoms with Crippen LogP contribution >= 0.6 is 0 Å². The van der Waals surface area contributed by atoms with Crippen molar-refractivity contribution in [2.45, 2.75) is 64.2 Å². The van der Waals surface area contributed by atoms with Crippen molar-refractivity contribution in [1.82, 2.24) is 20.3 Å². The summed E-state index contributed by atoms with van der Waals surface area (Å²) < 4.78 is 5.37. The second kappa shape index (κ2) is 8.29. The van der Waals surface area contributed by atoms with Crippen LogP contribution in [0.1, 0.15) is 68.7 Å². The van der Waals surface area contributed by atoms with Gasteiger partial charge in [0.25, 0.3) is 5.56 Å². The number of amides is 1. The first kappa shape index (κ1) is 18.9. The Bertz CT molecular complexity index is 874. The van der Waals surface area contributed by atoms with Crippen molar-refractivity contribution in [2.75, 3.05) is 13.1 Å². The van der Waals surface area contributed by atoms with Crippen LogP contribution in [0.15, 0.2) is 21.5 Å². The highest BCUT2D eigenvalue weighted by molar-refractivity contribution is 5.76. The minimum atomic E-state index is -0.257. The Morgan fingerprint density at radius 3 is 2.64 bits per heavy atom. The predicted molar refractivity (Wildman–Crippen MR) is 105 cm³/mol. The van der Waals surface area contributed by atoms with Crippen molar-refractivity contribution >= 4 is 5.91 Å². The number of H-pyrrole nitrogens is 1. The van der Waals surface area contributed by atoms with Crippen molar-refractivity contribution < 1.29 is 9.32 Å². The number of hydrogen-bond donors (Lipinski definition) is 1. The molecule has 7 nitrogen and oxygen atoms in total. The van der Waals surface area contributed by atoms with E-state index >= 15 is 0 Å². The summed E-state index contributed by atoms with van der Waals surface area (Å²) in [5, 5.41) is 10.8. The molecule has 1 N–H and O–H groups in total. The zero-order chi connectivity index (χ0) is 19.5. The molecule has 1 saturated heterocycles. The fraction of sp³-hybridized carbons (Fsp3) is 0.619. The molecule has 2 aromatic rings. The molecule has 2 aromatic heterocycles.